The van der Waals surface area contributed by atoms with Gasteiger partial charge in [-0.05, 0) is 56.2 Å². The van der Waals surface area contributed by atoms with Crippen LogP contribution in [0.25, 0.3) is 0 Å². The van der Waals surface area contributed by atoms with Crippen LogP contribution >= 0.6 is 0 Å². The Balaban J connectivity index is 1.63. The topological polar surface area (TPSA) is 29.5 Å². The second kappa shape index (κ2) is 9.86. The normalized spacial score (nSPS) is 19.5. The monoisotopic (exact) mass is 414 g/mol. The van der Waals surface area contributed by atoms with Crippen molar-refractivity contribution in [1.29, 1.82) is 0 Å². The van der Waals surface area contributed by atoms with E-state index < -0.39 is 17.7 Å². The van der Waals surface area contributed by atoms with Gasteiger partial charge in [-0.1, -0.05) is 36.6 Å². The number of halogens is 3. The van der Waals surface area contributed by atoms with Crippen LogP contribution < -0.4 is 4.74 Å². The fourth-order valence-corrected chi connectivity index (χ4v) is 3.80. The third kappa shape index (κ3) is 5.06. The number of hydrogen-bond acceptors (Lipinski definition) is 2. The standard InChI is InChI=1S/C25H25F3O2/c1-3-14-30-20-11-13-22(23(26)15-20)18-7-4-17(5-8-18)6-9-19-10-12-21(16(2)29)25(28)24(19)27/h3,10-13,15-18,29H,1,4-5,7-8,14H2,2H3. The zero-order valence-electron chi connectivity index (χ0n) is 16.9. The number of benzene rings is 2. The molecule has 3 rings (SSSR count). The van der Waals surface area contributed by atoms with Crippen molar-refractivity contribution in [2.45, 2.75) is 44.6 Å². The van der Waals surface area contributed by atoms with Gasteiger partial charge < -0.3 is 9.84 Å². The molecule has 1 aliphatic carbocycles. The van der Waals surface area contributed by atoms with Gasteiger partial charge in [0.1, 0.15) is 18.2 Å². The molecule has 1 atom stereocenters. The highest BCUT2D eigenvalue weighted by molar-refractivity contribution is 5.39. The van der Waals surface area contributed by atoms with E-state index in [1.54, 1.807) is 18.2 Å². The van der Waals surface area contributed by atoms with Gasteiger partial charge in [-0.3, -0.25) is 0 Å². The van der Waals surface area contributed by atoms with E-state index in [0.29, 0.717) is 17.9 Å². The second-order valence-corrected chi connectivity index (χ2v) is 7.61. The molecule has 0 bridgehead atoms. The molecule has 0 spiro atoms. The van der Waals surface area contributed by atoms with Crippen LogP contribution in [0.2, 0.25) is 0 Å². The Hall–Kier alpha value is -2.71. The molecule has 2 aromatic rings. The summed E-state index contributed by atoms with van der Waals surface area (Å²) in [6.45, 7) is 5.28. The number of rotatable bonds is 5. The molecule has 1 aliphatic rings. The lowest BCUT2D eigenvalue weighted by Crippen LogP contribution is -2.13. The predicted molar refractivity (Wildman–Crippen MR) is 111 cm³/mol. The lowest BCUT2D eigenvalue weighted by molar-refractivity contribution is 0.192. The van der Waals surface area contributed by atoms with Crippen LogP contribution in [-0.4, -0.2) is 11.7 Å². The molecule has 0 aliphatic heterocycles. The summed E-state index contributed by atoms with van der Waals surface area (Å²) in [5.74, 6) is 4.04. The van der Waals surface area contributed by atoms with Crippen molar-refractivity contribution in [2.24, 2.45) is 5.92 Å². The highest BCUT2D eigenvalue weighted by Gasteiger charge is 2.24. The van der Waals surface area contributed by atoms with Crippen molar-refractivity contribution >= 4 is 0 Å². The molecule has 1 saturated carbocycles. The molecule has 158 valence electrons. The van der Waals surface area contributed by atoms with Crippen LogP contribution in [0.15, 0.2) is 43.0 Å². The number of aliphatic hydroxyl groups is 1. The van der Waals surface area contributed by atoms with Crippen molar-refractivity contribution in [3.63, 3.8) is 0 Å². The molecule has 30 heavy (non-hydrogen) atoms. The molecule has 1 N–H and O–H groups in total. The average Bonchev–Trinajstić information content (AvgIpc) is 2.73. The lowest BCUT2D eigenvalue weighted by atomic mass is 9.78. The molecular weight excluding hydrogens is 389 g/mol. The summed E-state index contributed by atoms with van der Waals surface area (Å²) in [5.41, 5.74) is 0.580. The maximum atomic E-state index is 14.5. The van der Waals surface area contributed by atoms with Gasteiger partial charge in [-0.15, -0.1) is 0 Å². The summed E-state index contributed by atoms with van der Waals surface area (Å²) in [6.07, 6.45) is 3.61. The van der Waals surface area contributed by atoms with E-state index in [9.17, 15) is 18.3 Å². The van der Waals surface area contributed by atoms with E-state index in [1.807, 2.05) is 0 Å². The maximum Gasteiger partial charge on any atom is 0.174 e. The number of ether oxygens (including phenoxy) is 1. The molecule has 0 amide bonds. The zero-order valence-corrected chi connectivity index (χ0v) is 16.9. The van der Waals surface area contributed by atoms with Gasteiger partial charge >= 0.3 is 0 Å². The van der Waals surface area contributed by atoms with Gasteiger partial charge in [0.05, 0.1) is 11.7 Å². The summed E-state index contributed by atoms with van der Waals surface area (Å²) in [4.78, 5) is 0. The van der Waals surface area contributed by atoms with E-state index >= 15 is 0 Å². The molecular formula is C25H25F3O2. The van der Waals surface area contributed by atoms with Crippen LogP contribution in [-0.2, 0) is 0 Å². The minimum Gasteiger partial charge on any atom is -0.489 e. The maximum absolute atomic E-state index is 14.5. The minimum absolute atomic E-state index is 0.0137. The highest BCUT2D eigenvalue weighted by atomic mass is 19.2. The van der Waals surface area contributed by atoms with Crippen LogP contribution in [0.4, 0.5) is 13.2 Å². The zero-order chi connectivity index (χ0) is 21.7. The Kier molecular flexibility index (Phi) is 7.23. The smallest absolute Gasteiger partial charge is 0.174 e. The molecule has 2 nitrogen and oxygen atoms in total. The van der Waals surface area contributed by atoms with Crippen molar-refractivity contribution < 1.29 is 23.0 Å². The van der Waals surface area contributed by atoms with Crippen LogP contribution in [0.3, 0.4) is 0 Å². The van der Waals surface area contributed by atoms with Crippen LogP contribution in [0, 0.1) is 35.2 Å². The molecule has 1 unspecified atom stereocenters. The number of hydrogen-bond donors (Lipinski definition) is 1. The summed E-state index contributed by atoms with van der Waals surface area (Å²) >= 11 is 0. The van der Waals surface area contributed by atoms with Gasteiger partial charge in [0.2, 0.25) is 0 Å². The van der Waals surface area contributed by atoms with Gasteiger partial charge in [-0.2, -0.15) is 0 Å². The first-order valence-corrected chi connectivity index (χ1v) is 10.1. The Morgan fingerprint density at radius 2 is 1.87 bits per heavy atom. The van der Waals surface area contributed by atoms with Crippen LogP contribution in [0.1, 0.15) is 61.3 Å². The van der Waals surface area contributed by atoms with Gasteiger partial charge in [0, 0.05) is 17.5 Å². The summed E-state index contributed by atoms with van der Waals surface area (Å²) in [6, 6.07) is 7.69. The fourth-order valence-electron chi connectivity index (χ4n) is 3.80. The first-order chi connectivity index (χ1) is 14.4. The quantitative estimate of drug-likeness (QED) is 0.477. The van der Waals surface area contributed by atoms with E-state index in [1.165, 1.54) is 25.1 Å². The van der Waals surface area contributed by atoms with E-state index in [0.717, 1.165) is 25.7 Å². The van der Waals surface area contributed by atoms with Crippen molar-refractivity contribution in [3.05, 3.63) is 77.1 Å². The largest absolute Gasteiger partial charge is 0.489 e. The molecule has 0 saturated heterocycles. The average molecular weight is 414 g/mol. The Morgan fingerprint density at radius 3 is 2.50 bits per heavy atom. The Labute approximate surface area is 175 Å². The van der Waals surface area contributed by atoms with Crippen molar-refractivity contribution in [3.8, 4) is 17.6 Å². The number of aliphatic hydroxyl groups excluding tert-OH is 1. The molecule has 5 heteroatoms. The molecule has 0 aromatic heterocycles. The molecule has 1 fully saturated rings. The third-order valence-corrected chi connectivity index (χ3v) is 5.48. The van der Waals surface area contributed by atoms with Crippen molar-refractivity contribution in [1.82, 2.24) is 0 Å². The molecule has 0 heterocycles. The second-order valence-electron chi connectivity index (χ2n) is 7.61. The summed E-state index contributed by atoms with van der Waals surface area (Å²) < 4.78 is 48.0. The van der Waals surface area contributed by atoms with Crippen molar-refractivity contribution in [2.75, 3.05) is 6.61 Å². The first-order valence-electron chi connectivity index (χ1n) is 10.1. The van der Waals surface area contributed by atoms with Gasteiger partial charge in [0.25, 0.3) is 0 Å². The Bertz CT molecular complexity index is 964. The van der Waals surface area contributed by atoms with E-state index in [-0.39, 0.29) is 28.8 Å². The van der Waals surface area contributed by atoms with Gasteiger partial charge in [-0.25, -0.2) is 13.2 Å². The fraction of sp³-hybridized carbons (Fsp3) is 0.360. The van der Waals surface area contributed by atoms with Crippen LogP contribution in [0.5, 0.6) is 5.75 Å². The Morgan fingerprint density at radius 1 is 1.13 bits per heavy atom. The van der Waals surface area contributed by atoms with Gasteiger partial charge in [0.15, 0.2) is 11.6 Å². The third-order valence-electron chi connectivity index (χ3n) is 5.48. The summed E-state index contributed by atoms with van der Waals surface area (Å²) in [7, 11) is 0. The SMILES string of the molecule is C=CCOc1ccc(C2CCC(C#Cc3ccc(C(C)O)c(F)c3F)CC2)c(F)c1. The lowest BCUT2D eigenvalue weighted by Gasteiger charge is -2.26. The summed E-state index contributed by atoms with van der Waals surface area (Å²) in [5, 5.41) is 9.46. The first kappa shape index (κ1) is 22.0. The highest BCUT2D eigenvalue weighted by Crippen LogP contribution is 2.37. The van der Waals surface area contributed by atoms with E-state index in [2.05, 4.69) is 18.4 Å². The molecule has 2 aromatic carbocycles. The minimum atomic E-state index is -1.08. The van der Waals surface area contributed by atoms with E-state index in [4.69, 9.17) is 4.74 Å². The molecule has 0 radical (unpaired) electrons. The predicted octanol–water partition coefficient (Wildman–Crippen LogP) is 6.05.